The maximum Gasteiger partial charge on any atom is 0.139 e. The molecule has 0 bridgehead atoms. The van der Waals surface area contributed by atoms with Gasteiger partial charge >= 0.3 is 0 Å². The van der Waals surface area contributed by atoms with E-state index < -0.39 is 0 Å². The van der Waals surface area contributed by atoms with Crippen LogP contribution in [0.5, 0.6) is 0 Å². The Labute approximate surface area is 50.3 Å². The van der Waals surface area contributed by atoms with Crippen molar-refractivity contribution in [3.63, 3.8) is 0 Å². The summed E-state index contributed by atoms with van der Waals surface area (Å²) in [6.07, 6.45) is 8.25. The summed E-state index contributed by atoms with van der Waals surface area (Å²) >= 11 is 0. The Morgan fingerprint density at radius 3 is 2.50 bits per heavy atom. The smallest absolute Gasteiger partial charge is 0.139 e. The van der Waals surface area contributed by atoms with Gasteiger partial charge < -0.3 is 0 Å². The third-order valence-corrected chi connectivity index (χ3v) is 0.771. The largest absolute Gasteiger partial charge is 0.299 e. The van der Waals surface area contributed by atoms with Crippen LogP contribution in [0.4, 0.5) is 0 Å². The lowest BCUT2D eigenvalue weighted by molar-refractivity contribution is 0.350. The molecule has 0 aromatic carbocycles. The van der Waals surface area contributed by atoms with Gasteiger partial charge in [-0.25, -0.2) is 0 Å². The molecule has 0 amide bonds. The summed E-state index contributed by atoms with van der Waals surface area (Å²) in [6.45, 7) is 2.07. The third kappa shape index (κ3) is 5.28. The highest BCUT2D eigenvalue weighted by atomic mass is 16.2. The topological polar surface area (TPSA) is 19.9 Å². The molecule has 0 unspecified atom stereocenters. The summed E-state index contributed by atoms with van der Waals surface area (Å²) < 4.78 is 0. The Morgan fingerprint density at radius 1 is 1.25 bits per heavy atom. The predicted octanol–water partition coefficient (Wildman–Crippen LogP) is 2.29. The molecule has 0 rings (SSSR count). The molecule has 1 radical (unpaired) electrons. The van der Waals surface area contributed by atoms with Gasteiger partial charge in [-0.05, 0) is 18.9 Å². The first-order valence-corrected chi connectivity index (χ1v) is 2.83. The highest BCUT2D eigenvalue weighted by Crippen LogP contribution is 1.86. The van der Waals surface area contributed by atoms with Crippen LogP contribution in [0, 0.1) is 0 Å². The van der Waals surface area contributed by atoms with Crippen molar-refractivity contribution in [1.29, 1.82) is 0 Å². The van der Waals surface area contributed by atoms with Crippen LogP contribution in [0.3, 0.4) is 0 Å². The minimum Gasteiger partial charge on any atom is -0.299 e. The highest BCUT2D eigenvalue weighted by Gasteiger charge is 1.67. The van der Waals surface area contributed by atoms with E-state index in [9.17, 15) is 5.11 Å². The van der Waals surface area contributed by atoms with E-state index >= 15 is 0 Å². The van der Waals surface area contributed by atoms with Crippen LogP contribution in [0.25, 0.3) is 0 Å². The molecular weight excluding hydrogens is 100 g/mol. The van der Waals surface area contributed by atoms with Gasteiger partial charge in [0.25, 0.3) is 0 Å². The molecular formula is C7H11O. The fourth-order valence-corrected chi connectivity index (χ4v) is 0.397. The fourth-order valence-electron chi connectivity index (χ4n) is 0.397. The van der Waals surface area contributed by atoms with E-state index in [1.807, 2.05) is 12.2 Å². The summed E-state index contributed by atoms with van der Waals surface area (Å²) in [6, 6.07) is 0. The molecule has 1 nitrogen and oxygen atoms in total. The zero-order valence-electron chi connectivity index (χ0n) is 5.13. The summed E-state index contributed by atoms with van der Waals surface area (Å²) in [4.78, 5) is 0. The van der Waals surface area contributed by atoms with Crippen molar-refractivity contribution in [3.05, 3.63) is 24.5 Å². The molecule has 0 aromatic rings. The van der Waals surface area contributed by atoms with Crippen LogP contribution < -0.4 is 0 Å². The molecule has 45 valence electrons. The highest BCUT2D eigenvalue weighted by molar-refractivity contribution is 4.88. The average molecular weight is 111 g/mol. The van der Waals surface area contributed by atoms with Crippen molar-refractivity contribution in [2.75, 3.05) is 0 Å². The quantitative estimate of drug-likeness (QED) is 0.393. The Morgan fingerprint density at radius 2 is 2.00 bits per heavy atom. The molecule has 0 N–H and O–H groups in total. The monoisotopic (exact) mass is 111 g/mol. The zero-order valence-corrected chi connectivity index (χ0v) is 5.13. The maximum absolute atomic E-state index is 9.68. The first-order valence-electron chi connectivity index (χ1n) is 2.83. The number of hydrogen-bond acceptors (Lipinski definition) is 0. The van der Waals surface area contributed by atoms with Gasteiger partial charge in [-0.15, -0.1) is 0 Å². The summed E-state index contributed by atoms with van der Waals surface area (Å²) in [5.74, 6) is 0. The Hall–Kier alpha value is -0.720. The van der Waals surface area contributed by atoms with E-state index in [0.717, 1.165) is 19.1 Å². The zero-order chi connectivity index (χ0) is 6.24. The fraction of sp³-hybridized carbons (Fsp3) is 0.429. The summed E-state index contributed by atoms with van der Waals surface area (Å²) in [5.41, 5.74) is 0. The van der Waals surface area contributed by atoms with E-state index in [2.05, 4.69) is 6.92 Å². The Bertz CT molecular complexity index is 82.4. The minimum atomic E-state index is 0.775. The second-order valence-corrected chi connectivity index (χ2v) is 1.49. The number of hydrogen-bond donors (Lipinski definition) is 0. The van der Waals surface area contributed by atoms with Crippen LogP contribution in [0.15, 0.2) is 24.5 Å². The molecule has 0 aliphatic carbocycles. The first-order chi connectivity index (χ1) is 3.91. The van der Waals surface area contributed by atoms with Crippen molar-refractivity contribution < 1.29 is 5.11 Å². The lowest BCUT2D eigenvalue weighted by Gasteiger charge is -1.75. The van der Waals surface area contributed by atoms with Gasteiger partial charge in [0, 0.05) is 0 Å². The average Bonchev–Trinajstić information content (AvgIpc) is 1.81. The van der Waals surface area contributed by atoms with Crippen LogP contribution in [-0.2, 0) is 5.11 Å². The predicted molar refractivity (Wildman–Crippen MR) is 33.9 cm³/mol. The molecule has 0 saturated heterocycles. The van der Waals surface area contributed by atoms with Crippen molar-refractivity contribution >= 4 is 0 Å². The van der Waals surface area contributed by atoms with Crippen LogP contribution >= 0.6 is 0 Å². The maximum atomic E-state index is 9.68. The second-order valence-electron chi connectivity index (χ2n) is 1.49. The molecule has 0 fully saturated rings. The van der Waals surface area contributed by atoms with E-state index in [0.29, 0.717) is 0 Å². The van der Waals surface area contributed by atoms with Crippen molar-refractivity contribution in [2.24, 2.45) is 0 Å². The van der Waals surface area contributed by atoms with Gasteiger partial charge in [0.1, 0.15) is 6.26 Å². The third-order valence-electron chi connectivity index (χ3n) is 0.771. The SMILES string of the molecule is CCC=CCC=C[O]. The molecule has 0 aliphatic rings. The van der Waals surface area contributed by atoms with Gasteiger partial charge in [-0.2, -0.15) is 0 Å². The summed E-state index contributed by atoms with van der Waals surface area (Å²) in [7, 11) is 0. The van der Waals surface area contributed by atoms with Gasteiger partial charge in [0.2, 0.25) is 0 Å². The van der Waals surface area contributed by atoms with Gasteiger partial charge in [0.15, 0.2) is 0 Å². The van der Waals surface area contributed by atoms with Crippen LogP contribution in [-0.4, -0.2) is 0 Å². The van der Waals surface area contributed by atoms with E-state index in [1.54, 1.807) is 6.08 Å². The van der Waals surface area contributed by atoms with Crippen molar-refractivity contribution in [3.8, 4) is 0 Å². The van der Waals surface area contributed by atoms with E-state index in [4.69, 9.17) is 0 Å². The van der Waals surface area contributed by atoms with Crippen molar-refractivity contribution in [1.82, 2.24) is 0 Å². The number of allylic oxidation sites excluding steroid dienone is 3. The normalized spacial score (nSPS) is 11.6. The van der Waals surface area contributed by atoms with E-state index in [1.165, 1.54) is 0 Å². The molecule has 0 atom stereocenters. The Kier molecular flexibility index (Phi) is 5.71. The second kappa shape index (κ2) is 6.28. The lowest BCUT2D eigenvalue weighted by atomic mass is 10.3. The first kappa shape index (κ1) is 7.28. The molecule has 0 heterocycles. The lowest BCUT2D eigenvalue weighted by Crippen LogP contribution is -1.56. The molecule has 8 heavy (non-hydrogen) atoms. The Balaban J connectivity index is 3.03. The molecule has 0 aliphatic heterocycles. The van der Waals surface area contributed by atoms with Gasteiger partial charge in [0.05, 0.1) is 0 Å². The molecule has 0 aromatic heterocycles. The summed E-state index contributed by atoms with van der Waals surface area (Å²) in [5, 5.41) is 9.68. The number of rotatable bonds is 3. The van der Waals surface area contributed by atoms with Crippen molar-refractivity contribution in [2.45, 2.75) is 19.8 Å². The van der Waals surface area contributed by atoms with Crippen LogP contribution in [0.2, 0.25) is 0 Å². The van der Waals surface area contributed by atoms with Crippen LogP contribution in [0.1, 0.15) is 19.8 Å². The van der Waals surface area contributed by atoms with E-state index in [-0.39, 0.29) is 0 Å². The molecule has 1 heteroatoms. The van der Waals surface area contributed by atoms with Gasteiger partial charge in [-0.1, -0.05) is 19.1 Å². The van der Waals surface area contributed by atoms with Gasteiger partial charge in [-0.3, -0.25) is 5.11 Å². The molecule has 0 spiro atoms. The standard InChI is InChI=1S/C7H11O/c1-2-3-4-5-6-7-8/h3-4,6-7H,2,5H2,1H3. The minimum absolute atomic E-state index is 0.775. The molecule has 0 saturated carbocycles.